The number of rotatable bonds is 3. The predicted molar refractivity (Wildman–Crippen MR) is 79.2 cm³/mol. The average Bonchev–Trinajstić information content (AvgIpc) is 2.65. The van der Waals surface area contributed by atoms with Crippen molar-refractivity contribution in [3.05, 3.63) is 29.8 Å². The van der Waals surface area contributed by atoms with E-state index < -0.39 is 0 Å². The van der Waals surface area contributed by atoms with E-state index >= 15 is 0 Å². The van der Waals surface area contributed by atoms with E-state index in [1.165, 1.54) is 5.56 Å². The maximum atomic E-state index is 6.09. The minimum Gasteiger partial charge on any atom is -0.493 e. The van der Waals surface area contributed by atoms with Crippen molar-refractivity contribution in [3.63, 3.8) is 0 Å². The van der Waals surface area contributed by atoms with E-state index in [1.807, 2.05) is 6.07 Å². The largest absolute Gasteiger partial charge is 0.493 e. The van der Waals surface area contributed by atoms with Gasteiger partial charge in [-0.15, -0.1) is 0 Å². The minimum absolute atomic E-state index is 0.157. The van der Waals surface area contributed by atoms with Gasteiger partial charge in [0, 0.05) is 31.2 Å². The van der Waals surface area contributed by atoms with Crippen LogP contribution in [0.15, 0.2) is 24.3 Å². The molecule has 0 saturated carbocycles. The number of likely N-dealkylation sites (N-methyl/N-ethyl adjacent to an activating group) is 1. The molecule has 1 aromatic rings. The average molecular weight is 276 g/mol. The Morgan fingerprint density at radius 2 is 2.10 bits per heavy atom. The van der Waals surface area contributed by atoms with Crippen LogP contribution in [0, 0.1) is 0 Å². The Hall–Kier alpha value is -1.10. The van der Waals surface area contributed by atoms with Crippen molar-refractivity contribution in [2.45, 2.75) is 18.6 Å². The van der Waals surface area contributed by atoms with Gasteiger partial charge in [0.05, 0.1) is 13.2 Å². The van der Waals surface area contributed by atoms with Gasteiger partial charge in [-0.25, -0.2) is 0 Å². The highest BCUT2D eigenvalue weighted by Gasteiger charge is 2.36. The fourth-order valence-corrected chi connectivity index (χ4v) is 3.14. The van der Waals surface area contributed by atoms with Crippen LogP contribution in [0.4, 0.5) is 0 Å². The summed E-state index contributed by atoms with van der Waals surface area (Å²) in [6.07, 6.45) is 1.19. The first-order chi connectivity index (χ1) is 9.75. The van der Waals surface area contributed by atoms with Crippen molar-refractivity contribution in [3.8, 4) is 5.75 Å². The lowest BCUT2D eigenvalue weighted by Gasteiger charge is -2.40. The van der Waals surface area contributed by atoms with Crippen molar-refractivity contribution < 1.29 is 9.47 Å². The third kappa shape index (κ3) is 2.82. The van der Waals surface area contributed by atoms with Crippen LogP contribution in [0.1, 0.15) is 18.1 Å². The number of morpholine rings is 1. The molecule has 0 aromatic heterocycles. The van der Waals surface area contributed by atoms with Gasteiger partial charge in [-0.3, -0.25) is 4.90 Å². The summed E-state index contributed by atoms with van der Waals surface area (Å²) in [5.74, 6) is 0.995. The molecule has 1 aromatic carbocycles. The predicted octanol–water partition coefficient (Wildman–Crippen LogP) is 1.77. The Bertz CT molecular complexity index is 450. The van der Waals surface area contributed by atoms with Crippen molar-refractivity contribution in [1.29, 1.82) is 0 Å². The van der Waals surface area contributed by atoms with Crippen LogP contribution in [-0.2, 0) is 4.74 Å². The molecule has 2 atom stereocenters. The summed E-state index contributed by atoms with van der Waals surface area (Å²) in [6, 6.07) is 8.75. The number of hydrogen-bond acceptors (Lipinski definition) is 4. The van der Waals surface area contributed by atoms with Crippen molar-refractivity contribution in [2.24, 2.45) is 0 Å². The van der Waals surface area contributed by atoms with Crippen LogP contribution in [0.25, 0.3) is 0 Å². The second-order valence-corrected chi connectivity index (χ2v) is 5.87. The lowest BCUT2D eigenvalue weighted by atomic mass is 9.97. The van der Waals surface area contributed by atoms with E-state index in [0.29, 0.717) is 6.04 Å². The molecule has 2 aliphatic rings. The zero-order valence-corrected chi connectivity index (χ0v) is 12.4. The summed E-state index contributed by atoms with van der Waals surface area (Å²) in [4.78, 5) is 4.81. The number of para-hydroxylation sites is 1. The zero-order valence-electron chi connectivity index (χ0n) is 12.4. The molecule has 110 valence electrons. The fourth-order valence-electron chi connectivity index (χ4n) is 3.14. The third-order valence-corrected chi connectivity index (χ3v) is 4.23. The van der Waals surface area contributed by atoms with Crippen LogP contribution in [0.3, 0.4) is 0 Å². The van der Waals surface area contributed by atoms with Gasteiger partial charge in [0.25, 0.3) is 0 Å². The smallest absolute Gasteiger partial charge is 0.125 e. The quantitative estimate of drug-likeness (QED) is 0.840. The van der Waals surface area contributed by atoms with E-state index in [9.17, 15) is 0 Å². The number of hydrogen-bond donors (Lipinski definition) is 0. The molecular weight excluding hydrogens is 252 g/mol. The summed E-state index contributed by atoms with van der Waals surface area (Å²) < 4.78 is 12.0. The monoisotopic (exact) mass is 276 g/mol. The van der Waals surface area contributed by atoms with E-state index in [-0.39, 0.29) is 6.10 Å². The van der Waals surface area contributed by atoms with Crippen LogP contribution in [-0.4, -0.2) is 62.8 Å². The van der Waals surface area contributed by atoms with Crippen LogP contribution < -0.4 is 4.74 Å². The van der Waals surface area contributed by atoms with E-state index in [2.05, 4.69) is 42.1 Å². The van der Waals surface area contributed by atoms with E-state index in [4.69, 9.17) is 9.47 Å². The van der Waals surface area contributed by atoms with Gasteiger partial charge in [-0.1, -0.05) is 18.2 Å². The molecule has 1 saturated heterocycles. The maximum Gasteiger partial charge on any atom is 0.125 e. The van der Waals surface area contributed by atoms with Crippen molar-refractivity contribution >= 4 is 0 Å². The standard InChI is InChI=1S/C16H24N2O2/c1-17(2)8-9-18-10-12-20-16-13-5-3-4-6-15(13)19-11-7-14(16)18/h3-6,14,16H,7-12H2,1-2H3. The van der Waals surface area contributed by atoms with Gasteiger partial charge >= 0.3 is 0 Å². The lowest BCUT2D eigenvalue weighted by Crippen LogP contribution is -2.49. The highest BCUT2D eigenvalue weighted by molar-refractivity contribution is 5.37. The summed E-state index contributed by atoms with van der Waals surface area (Å²) in [6.45, 7) is 4.80. The Morgan fingerprint density at radius 3 is 2.95 bits per heavy atom. The zero-order chi connectivity index (χ0) is 13.9. The number of nitrogens with zero attached hydrogens (tertiary/aromatic N) is 2. The van der Waals surface area contributed by atoms with Crippen molar-refractivity contribution in [2.75, 3.05) is 46.9 Å². The second kappa shape index (κ2) is 6.12. The van der Waals surface area contributed by atoms with Crippen molar-refractivity contribution in [1.82, 2.24) is 9.80 Å². The van der Waals surface area contributed by atoms with Gasteiger partial charge in [0.15, 0.2) is 0 Å². The number of benzene rings is 1. The SMILES string of the molecule is CN(C)CCN1CCOC2c3ccccc3OCCC21. The minimum atomic E-state index is 0.157. The van der Waals surface area contributed by atoms with Gasteiger partial charge in [-0.2, -0.15) is 0 Å². The normalized spacial score (nSPS) is 26.6. The van der Waals surface area contributed by atoms with Crippen LogP contribution in [0.2, 0.25) is 0 Å². The van der Waals surface area contributed by atoms with Gasteiger partial charge in [0.2, 0.25) is 0 Å². The summed E-state index contributed by atoms with van der Waals surface area (Å²) >= 11 is 0. The molecule has 2 aliphatic heterocycles. The third-order valence-electron chi connectivity index (χ3n) is 4.23. The second-order valence-electron chi connectivity index (χ2n) is 5.87. The molecule has 20 heavy (non-hydrogen) atoms. The Labute approximate surface area is 121 Å². The summed E-state index contributed by atoms with van der Waals surface area (Å²) in [7, 11) is 4.26. The first kappa shape index (κ1) is 13.9. The molecule has 0 bridgehead atoms. The molecule has 4 nitrogen and oxygen atoms in total. The van der Waals surface area contributed by atoms with Crippen LogP contribution >= 0.6 is 0 Å². The number of fused-ring (bicyclic) bond motifs is 3. The maximum absolute atomic E-state index is 6.09. The highest BCUT2D eigenvalue weighted by Crippen LogP contribution is 2.37. The molecule has 1 fully saturated rings. The van der Waals surface area contributed by atoms with E-state index in [1.54, 1.807) is 0 Å². The van der Waals surface area contributed by atoms with Gasteiger partial charge in [0.1, 0.15) is 11.9 Å². The summed E-state index contributed by atoms with van der Waals surface area (Å²) in [5, 5.41) is 0. The molecule has 0 amide bonds. The molecule has 4 heteroatoms. The van der Waals surface area contributed by atoms with Gasteiger partial charge in [-0.05, 0) is 26.6 Å². The fraction of sp³-hybridized carbons (Fsp3) is 0.625. The topological polar surface area (TPSA) is 24.9 Å². The summed E-state index contributed by atoms with van der Waals surface area (Å²) in [5.41, 5.74) is 1.21. The highest BCUT2D eigenvalue weighted by atomic mass is 16.5. The molecule has 2 unspecified atom stereocenters. The number of ether oxygens (including phenoxy) is 2. The molecule has 0 N–H and O–H groups in total. The first-order valence-electron chi connectivity index (χ1n) is 7.48. The molecule has 2 heterocycles. The lowest BCUT2D eigenvalue weighted by molar-refractivity contribution is -0.0753. The van der Waals surface area contributed by atoms with E-state index in [0.717, 1.165) is 45.0 Å². The Morgan fingerprint density at radius 1 is 1.25 bits per heavy atom. The molecule has 0 spiro atoms. The first-order valence-corrected chi connectivity index (χ1v) is 7.48. The Balaban J connectivity index is 1.80. The molecule has 3 rings (SSSR count). The Kier molecular flexibility index (Phi) is 4.24. The molecule has 0 aliphatic carbocycles. The molecular formula is C16H24N2O2. The van der Waals surface area contributed by atoms with Crippen LogP contribution in [0.5, 0.6) is 5.75 Å². The molecule has 0 radical (unpaired) electrons. The van der Waals surface area contributed by atoms with Gasteiger partial charge < -0.3 is 14.4 Å².